The van der Waals surface area contributed by atoms with Crippen LogP contribution in [0.15, 0.2) is 65.6 Å². The van der Waals surface area contributed by atoms with Crippen molar-refractivity contribution in [3.8, 4) is 11.1 Å². The number of carbonyl (C=O) groups excluding carboxylic acids is 2. The van der Waals surface area contributed by atoms with Crippen LogP contribution in [0.4, 0.5) is 0 Å². The molecule has 0 bridgehead atoms. The van der Waals surface area contributed by atoms with Crippen molar-refractivity contribution in [2.24, 2.45) is 5.92 Å². The number of rotatable bonds is 10. The fraction of sp³-hybridized carbons (Fsp3) is 0.387. The highest BCUT2D eigenvalue weighted by Gasteiger charge is 2.27. The minimum atomic E-state index is -0.694. The van der Waals surface area contributed by atoms with E-state index in [9.17, 15) is 14.4 Å². The molecule has 6 nitrogen and oxygen atoms in total. The van der Waals surface area contributed by atoms with Crippen molar-refractivity contribution in [1.29, 1.82) is 0 Å². The highest BCUT2D eigenvalue weighted by atomic mass is 16.5. The second-order valence-electron chi connectivity index (χ2n) is 9.98. The van der Waals surface area contributed by atoms with Crippen molar-refractivity contribution in [2.75, 3.05) is 7.11 Å². The zero-order chi connectivity index (χ0) is 27.1. The van der Waals surface area contributed by atoms with Crippen molar-refractivity contribution in [3.63, 3.8) is 0 Å². The molecular formula is C31H38N2O4. The van der Waals surface area contributed by atoms with Crippen molar-refractivity contribution >= 4 is 11.9 Å². The van der Waals surface area contributed by atoms with Crippen LogP contribution in [0.5, 0.6) is 0 Å². The van der Waals surface area contributed by atoms with Gasteiger partial charge in [0, 0.05) is 11.8 Å². The van der Waals surface area contributed by atoms with E-state index in [2.05, 4.69) is 31.3 Å². The molecule has 1 heterocycles. The second-order valence-corrected chi connectivity index (χ2v) is 9.98. The molecule has 0 radical (unpaired) electrons. The number of aromatic nitrogens is 1. The Kier molecular flexibility index (Phi) is 9.45. The average molecular weight is 503 g/mol. The van der Waals surface area contributed by atoms with Crippen LogP contribution < -0.4 is 10.9 Å². The first-order chi connectivity index (χ1) is 17.7. The fourth-order valence-corrected chi connectivity index (χ4v) is 4.82. The molecule has 0 aliphatic heterocycles. The van der Waals surface area contributed by atoms with Gasteiger partial charge in [0.2, 0.25) is 5.91 Å². The summed E-state index contributed by atoms with van der Waals surface area (Å²) >= 11 is 0. The number of amides is 1. The van der Waals surface area contributed by atoms with Gasteiger partial charge in [-0.25, -0.2) is 0 Å². The number of hydrogen-bond donors (Lipinski definition) is 1. The third-order valence-corrected chi connectivity index (χ3v) is 6.74. The predicted molar refractivity (Wildman–Crippen MR) is 147 cm³/mol. The van der Waals surface area contributed by atoms with Crippen LogP contribution in [-0.2, 0) is 20.7 Å². The molecule has 0 aliphatic carbocycles. The van der Waals surface area contributed by atoms with Crippen LogP contribution in [0.2, 0.25) is 0 Å². The zero-order valence-corrected chi connectivity index (χ0v) is 22.7. The normalized spacial score (nSPS) is 12.7. The Morgan fingerprint density at radius 2 is 1.68 bits per heavy atom. The summed E-state index contributed by atoms with van der Waals surface area (Å²) in [5.41, 5.74) is 5.76. The van der Waals surface area contributed by atoms with E-state index < -0.39 is 18.1 Å². The Labute approximate surface area is 219 Å². The maximum absolute atomic E-state index is 13.7. The molecule has 3 rings (SSSR count). The quantitative estimate of drug-likeness (QED) is 0.361. The standard InChI is InChI=1S/C31H38N2O4/c1-7-23-15-10-16-33(31(23)36)27(17-20(2)3)30(35)32-26(19-28(34)37-6)24-13-9-14-25(18-24)29-21(4)11-8-12-22(29)5/h8-16,18,20,26-27H,7,17,19H2,1-6H3,(H,32,35)/t26-,27?/m0/s1. The summed E-state index contributed by atoms with van der Waals surface area (Å²) < 4.78 is 6.47. The van der Waals surface area contributed by atoms with Crippen LogP contribution in [-0.4, -0.2) is 23.6 Å². The number of carbonyl (C=O) groups is 2. The molecule has 0 aliphatic rings. The number of nitrogens with one attached hydrogen (secondary N) is 1. The van der Waals surface area contributed by atoms with Gasteiger partial charge in [-0.3, -0.25) is 14.4 Å². The Hall–Kier alpha value is -3.67. The van der Waals surface area contributed by atoms with E-state index in [0.29, 0.717) is 18.4 Å². The van der Waals surface area contributed by atoms with Gasteiger partial charge in [-0.05, 0) is 72.6 Å². The summed E-state index contributed by atoms with van der Waals surface area (Å²) in [7, 11) is 1.34. The van der Waals surface area contributed by atoms with Crippen molar-refractivity contribution in [1.82, 2.24) is 9.88 Å². The van der Waals surface area contributed by atoms with Gasteiger partial charge in [0.15, 0.2) is 0 Å². The number of hydrogen-bond acceptors (Lipinski definition) is 4. The van der Waals surface area contributed by atoms with E-state index in [-0.39, 0.29) is 23.8 Å². The molecule has 196 valence electrons. The van der Waals surface area contributed by atoms with E-state index in [1.165, 1.54) is 11.7 Å². The number of nitrogens with zero attached hydrogens (tertiary/aromatic N) is 1. The second kappa shape index (κ2) is 12.5. The molecule has 0 saturated heterocycles. The summed E-state index contributed by atoms with van der Waals surface area (Å²) in [5.74, 6) is -0.539. The molecule has 2 aromatic carbocycles. The lowest BCUT2D eigenvalue weighted by molar-refractivity contribution is -0.141. The Morgan fingerprint density at radius 3 is 2.30 bits per heavy atom. The molecule has 0 spiro atoms. The number of methoxy groups -OCH3 is 1. The highest BCUT2D eigenvalue weighted by Crippen LogP contribution is 2.30. The van der Waals surface area contributed by atoms with Crippen LogP contribution >= 0.6 is 0 Å². The zero-order valence-electron chi connectivity index (χ0n) is 22.7. The van der Waals surface area contributed by atoms with Crippen LogP contribution in [0, 0.1) is 19.8 Å². The Balaban J connectivity index is 2.02. The topological polar surface area (TPSA) is 77.4 Å². The van der Waals surface area contributed by atoms with E-state index in [4.69, 9.17) is 4.74 Å². The molecule has 1 unspecified atom stereocenters. The maximum atomic E-state index is 13.7. The third kappa shape index (κ3) is 6.76. The van der Waals surface area contributed by atoms with Crippen molar-refractivity contribution < 1.29 is 14.3 Å². The monoisotopic (exact) mass is 502 g/mol. The largest absolute Gasteiger partial charge is 0.469 e. The fourth-order valence-electron chi connectivity index (χ4n) is 4.82. The summed E-state index contributed by atoms with van der Waals surface area (Å²) in [6.45, 7) is 10.1. The van der Waals surface area contributed by atoms with Crippen molar-refractivity contribution in [2.45, 2.75) is 66.0 Å². The van der Waals surface area contributed by atoms with E-state index in [1.54, 1.807) is 18.3 Å². The summed E-state index contributed by atoms with van der Waals surface area (Å²) in [5, 5.41) is 3.08. The van der Waals surface area contributed by atoms with Gasteiger partial charge in [0.25, 0.3) is 5.56 Å². The van der Waals surface area contributed by atoms with Gasteiger partial charge in [0.1, 0.15) is 6.04 Å². The summed E-state index contributed by atoms with van der Waals surface area (Å²) in [4.78, 5) is 39.2. The lowest BCUT2D eigenvalue weighted by atomic mass is 9.92. The number of benzene rings is 2. The predicted octanol–water partition coefficient (Wildman–Crippen LogP) is 5.70. The third-order valence-electron chi connectivity index (χ3n) is 6.74. The van der Waals surface area contributed by atoms with Crippen molar-refractivity contribution in [3.05, 3.63) is 93.4 Å². The first-order valence-corrected chi connectivity index (χ1v) is 12.9. The average Bonchev–Trinajstić information content (AvgIpc) is 2.87. The summed E-state index contributed by atoms with van der Waals surface area (Å²) in [6, 6.07) is 16.4. The SMILES string of the molecule is CCc1cccn(C(CC(C)C)C(=O)N[C@@H](CC(=O)OC)c2cccc(-c3c(C)cccc3C)c2)c1=O. The molecule has 3 aromatic rings. The van der Waals surface area contributed by atoms with E-state index >= 15 is 0 Å². The van der Waals surface area contributed by atoms with Gasteiger partial charge in [-0.15, -0.1) is 0 Å². The number of aryl methyl sites for hydroxylation is 3. The molecule has 1 amide bonds. The van der Waals surface area contributed by atoms with Gasteiger partial charge in [-0.2, -0.15) is 0 Å². The lowest BCUT2D eigenvalue weighted by Gasteiger charge is -2.26. The van der Waals surface area contributed by atoms with Crippen LogP contribution in [0.25, 0.3) is 11.1 Å². The van der Waals surface area contributed by atoms with Crippen LogP contribution in [0.3, 0.4) is 0 Å². The first kappa shape index (κ1) is 27.9. The van der Waals surface area contributed by atoms with Gasteiger partial charge in [-0.1, -0.05) is 63.2 Å². The lowest BCUT2D eigenvalue weighted by Crippen LogP contribution is -2.40. The minimum absolute atomic E-state index is 0.0171. The van der Waals surface area contributed by atoms with E-state index in [0.717, 1.165) is 27.8 Å². The molecule has 0 fully saturated rings. The molecule has 1 N–H and O–H groups in total. The Morgan fingerprint density at radius 1 is 1.00 bits per heavy atom. The maximum Gasteiger partial charge on any atom is 0.307 e. The smallest absolute Gasteiger partial charge is 0.307 e. The summed E-state index contributed by atoms with van der Waals surface area (Å²) in [6.07, 6.45) is 2.74. The molecule has 6 heteroatoms. The minimum Gasteiger partial charge on any atom is -0.469 e. The van der Waals surface area contributed by atoms with Gasteiger partial charge >= 0.3 is 5.97 Å². The number of pyridine rings is 1. The van der Waals surface area contributed by atoms with E-state index in [1.807, 2.05) is 51.1 Å². The first-order valence-electron chi connectivity index (χ1n) is 12.9. The molecule has 0 saturated carbocycles. The molecule has 1 aromatic heterocycles. The highest BCUT2D eigenvalue weighted by molar-refractivity contribution is 5.82. The molecule has 2 atom stereocenters. The number of ether oxygens (including phenoxy) is 1. The molecule has 37 heavy (non-hydrogen) atoms. The molecular weight excluding hydrogens is 464 g/mol. The van der Waals surface area contributed by atoms with Gasteiger partial charge in [0.05, 0.1) is 19.6 Å². The van der Waals surface area contributed by atoms with Crippen LogP contribution in [0.1, 0.15) is 68.0 Å². The van der Waals surface area contributed by atoms with Gasteiger partial charge < -0.3 is 14.6 Å². The number of esters is 1. The Bertz CT molecular complexity index is 1290.